The molecule has 0 aliphatic heterocycles. The molecule has 134 valence electrons. The maximum atomic E-state index is 9.27. The average molecular weight is 350 g/mol. The van der Waals surface area contributed by atoms with E-state index in [0.29, 0.717) is 18.3 Å². The number of hydrogen-bond acceptors (Lipinski definition) is 7. The monoisotopic (exact) mass is 350 g/mol. The fraction of sp³-hybridized carbons (Fsp3) is 0.263. The van der Waals surface area contributed by atoms with Crippen LogP contribution in [0.25, 0.3) is 11.3 Å². The van der Waals surface area contributed by atoms with E-state index in [1.54, 1.807) is 18.6 Å². The summed E-state index contributed by atoms with van der Waals surface area (Å²) in [5, 5.41) is 15.7. The molecule has 0 aromatic carbocycles. The molecule has 26 heavy (non-hydrogen) atoms. The van der Waals surface area contributed by atoms with Crippen LogP contribution >= 0.6 is 0 Å². The third kappa shape index (κ3) is 4.97. The number of aliphatic hydroxyl groups excluding tert-OH is 1. The molecule has 0 aliphatic carbocycles. The Morgan fingerprint density at radius 1 is 1.12 bits per heavy atom. The van der Waals surface area contributed by atoms with Crippen molar-refractivity contribution in [3.8, 4) is 11.3 Å². The SMILES string of the molecule is C[C@@H](CO)Nc1nc(NCCc2ccccn2)cc(-c2cccnc2)n1. The van der Waals surface area contributed by atoms with Gasteiger partial charge < -0.3 is 15.7 Å². The van der Waals surface area contributed by atoms with Gasteiger partial charge in [0.25, 0.3) is 0 Å². The number of nitrogens with one attached hydrogen (secondary N) is 2. The van der Waals surface area contributed by atoms with Crippen molar-refractivity contribution >= 4 is 11.8 Å². The minimum atomic E-state index is -0.138. The standard InChI is InChI=1S/C19H22N6O/c1-14(13-26)23-19-24-17(15-5-4-8-20-12-15)11-18(25-19)22-10-7-16-6-2-3-9-21-16/h2-6,8-9,11-12,14,26H,7,10,13H2,1H3,(H2,22,23,24,25)/t14-/m0/s1. The van der Waals surface area contributed by atoms with Gasteiger partial charge in [-0.2, -0.15) is 4.98 Å². The van der Waals surface area contributed by atoms with Crippen LogP contribution in [0.4, 0.5) is 11.8 Å². The summed E-state index contributed by atoms with van der Waals surface area (Å²) in [6.07, 6.45) is 6.07. The summed E-state index contributed by atoms with van der Waals surface area (Å²) in [6.45, 7) is 2.58. The largest absolute Gasteiger partial charge is 0.394 e. The number of anilines is 2. The maximum Gasteiger partial charge on any atom is 0.225 e. The lowest BCUT2D eigenvalue weighted by molar-refractivity contribution is 0.281. The molecule has 0 spiro atoms. The summed E-state index contributed by atoms with van der Waals surface area (Å²) in [5.41, 5.74) is 2.69. The lowest BCUT2D eigenvalue weighted by Gasteiger charge is -2.14. The van der Waals surface area contributed by atoms with E-state index < -0.39 is 0 Å². The highest BCUT2D eigenvalue weighted by molar-refractivity contribution is 5.63. The summed E-state index contributed by atoms with van der Waals surface area (Å²) in [5.74, 6) is 1.18. The molecule has 0 fully saturated rings. The fourth-order valence-electron chi connectivity index (χ4n) is 2.40. The summed E-state index contributed by atoms with van der Waals surface area (Å²) < 4.78 is 0. The van der Waals surface area contributed by atoms with Gasteiger partial charge in [-0.15, -0.1) is 0 Å². The van der Waals surface area contributed by atoms with E-state index in [-0.39, 0.29) is 12.6 Å². The minimum Gasteiger partial charge on any atom is -0.394 e. The van der Waals surface area contributed by atoms with Crippen LogP contribution in [0, 0.1) is 0 Å². The molecule has 7 nitrogen and oxygen atoms in total. The Morgan fingerprint density at radius 3 is 2.77 bits per heavy atom. The van der Waals surface area contributed by atoms with Crippen molar-refractivity contribution in [2.24, 2.45) is 0 Å². The van der Waals surface area contributed by atoms with Gasteiger partial charge in [-0.1, -0.05) is 6.07 Å². The first-order valence-corrected chi connectivity index (χ1v) is 8.55. The average Bonchev–Trinajstić information content (AvgIpc) is 2.69. The zero-order valence-corrected chi connectivity index (χ0v) is 14.6. The van der Waals surface area contributed by atoms with E-state index in [0.717, 1.165) is 23.4 Å². The van der Waals surface area contributed by atoms with E-state index in [1.165, 1.54) is 0 Å². The Labute approximate surface area is 152 Å². The van der Waals surface area contributed by atoms with E-state index in [9.17, 15) is 5.11 Å². The van der Waals surface area contributed by atoms with E-state index in [4.69, 9.17) is 0 Å². The minimum absolute atomic E-state index is 0.00290. The highest BCUT2D eigenvalue weighted by Gasteiger charge is 2.09. The second-order valence-electron chi connectivity index (χ2n) is 5.93. The first-order chi connectivity index (χ1) is 12.7. The number of pyridine rings is 2. The van der Waals surface area contributed by atoms with E-state index in [1.807, 2.05) is 43.3 Å². The first kappa shape index (κ1) is 17.8. The highest BCUT2D eigenvalue weighted by Crippen LogP contribution is 2.21. The van der Waals surface area contributed by atoms with Gasteiger partial charge in [0.1, 0.15) is 5.82 Å². The molecule has 3 N–H and O–H groups in total. The molecule has 0 unspecified atom stereocenters. The van der Waals surface area contributed by atoms with Crippen molar-refractivity contribution in [2.75, 3.05) is 23.8 Å². The molecule has 0 aliphatic rings. The molecule has 1 atom stereocenters. The van der Waals surface area contributed by atoms with Gasteiger partial charge in [0, 0.05) is 54.9 Å². The molecule has 0 bridgehead atoms. The molecule has 0 saturated carbocycles. The molecular formula is C19H22N6O. The van der Waals surface area contributed by atoms with E-state index >= 15 is 0 Å². The zero-order chi connectivity index (χ0) is 18.2. The van der Waals surface area contributed by atoms with Gasteiger partial charge in [0.2, 0.25) is 5.95 Å². The van der Waals surface area contributed by atoms with Gasteiger partial charge in [-0.3, -0.25) is 9.97 Å². The van der Waals surface area contributed by atoms with Gasteiger partial charge in [-0.25, -0.2) is 4.98 Å². The van der Waals surface area contributed by atoms with Crippen molar-refractivity contribution in [3.63, 3.8) is 0 Å². The second-order valence-corrected chi connectivity index (χ2v) is 5.93. The molecule has 3 aromatic heterocycles. The van der Waals surface area contributed by atoms with Crippen molar-refractivity contribution in [1.29, 1.82) is 0 Å². The fourth-order valence-corrected chi connectivity index (χ4v) is 2.40. The third-order valence-corrected chi connectivity index (χ3v) is 3.75. The van der Waals surface area contributed by atoms with Gasteiger partial charge >= 0.3 is 0 Å². The summed E-state index contributed by atoms with van der Waals surface area (Å²) >= 11 is 0. The van der Waals surface area contributed by atoms with Gasteiger partial charge in [-0.05, 0) is 31.2 Å². The van der Waals surface area contributed by atoms with Crippen molar-refractivity contribution in [3.05, 3.63) is 60.7 Å². The molecule has 7 heteroatoms. The molecule has 0 radical (unpaired) electrons. The Kier molecular flexibility index (Phi) is 6.05. The molecule has 3 heterocycles. The summed E-state index contributed by atoms with van der Waals surface area (Å²) in [6, 6.07) is 11.5. The van der Waals surface area contributed by atoms with Crippen LogP contribution in [-0.2, 0) is 6.42 Å². The Balaban J connectivity index is 1.77. The molecule has 3 rings (SSSR count). The Hall–Kier alpha value is -3.06. The number of aromatic nitrogens is 4. The molecular weight excluding hydrogens is 328 g/mol. The number of nitrogens with zero attached hydrogens (tertiary/aromatic N) is 4. The van der Waals surface area contributed by atoms with Crippen LogP contribution in [0.2, 0.25) is 0 Å². The maximum absolute atomic E-state index is 9.27. The second kappa shape index (κ2) is 8.87. The predicted octanol–water partition coefficient (Wildman–Crippen LogP) is 2.38. The van der Waals surface area contributed by atoms with Crippen molar-refractivity contribution in [2.45, 2.75) is 19.4 Å². The predicted molar refractivity (Wildman–Crippen MR) is 102 cm³/mol. The third-order valence-electron chi connectivity index (χ3n) is 3.75. The summed E-state index contributed by atoms with van der Waals surface area (Å²) in [7, 11) is 0. The first-order valence-electron chi connectivity index (χ1n) is 8.55. The Bertz CT molecular complexity index is 813. The van der Waals surface area contributed by atoms with Gasteiger partial charge in [0.05, 0.1) is 12.3 Å². The number of aliphatic hydroxyl groups is 1. The van der Waals surface area contributed by atoms with Gasteiger partial charge in [0.15, 0.2) is 0 Å². The van der Waals surface area contributed by atoms with Crippen LogP contribution < -0.4 is 10.6 Å². The topological polar surface area (TPSA) is 95.8 Å². The number of hydrogen-bond donors (Lipinski definition) is 3. The molecule has 0 saturated heterocycles. The van der Waals surface area contributed by atoms with Crippen LogP contribution in [0.1, 0.15) is 12.6 Å². The van der Waals surface area contributed by atoms with E-state index in [2.05, 4.69) is 30.6 Å². The molecule has 0 amide bonds. The van der Waals surface area contributed by atoms with Crippen LogP contribution in [0.3, 0.4) is 0 Å². The van der Waals surface area contributed by atoms with Crippen LogP contribution in [-0.4, -0.2) is 44.2 Å². The summed E-state index contributed by atoms with van der Waals surface area (Å²) in [4.78, 5) is 17.5. The lowest BCUT2D eigenvalue weighted by Crippen LogP contribution is -2.21. The Morgan fingerprint density at radius 2 is 2.04 bits per heavy atom. The lowest BCUT2D eigenvalue weighted by atomic mass is 10.2. The van der Waals surface area contributed by atoms with Crippen LogP contribution in [0.15, 0.2) is 55.0 Å². The van der Waals surface area contributed by atoms with Crippen LogP contribution in [0.5, 0.6) is 0 Å². The van der Waals surface area contributed by atoms with Crippen molar-refractivity contribution < 1.29 is 5.11 Å². The highest BCUT2D eigenvalue weighted by atomic mass is 16.3. The van der Waals surface area contributed by atoms with Crippen molar-refractivity contribution in [1.82, 2.24) is 19.9 Å². The zero-order valence-electron chi connectivity index (χ0n) is 14.6. The molecule has 3 aromatic rings. The normalized spacial score (nSPS) is 11.8. The quantitative estimate of drug-likeness (QED) is 0.574. The number of rotatable bonds is 8. The smallest absolute Gasteiger partial charge is 0.225 e.